The molecule has 0 spiro atoms. The molecular weight excluding hydrogens is 463 g/mol. The van der Waals surface area contributed by atoms with Crippen LogP contribution in [0.15, 0.2) is 47.6 Å². The van der Waals surface area contributed by atoms with Gasteiger partial charge < -0.3 is 5.21 Å². The van der Waals surface area contributed by atoms with Crippen LogP contribution < -0.4 is 0 Å². The van der Waals surface area contributed by atoms with Gasteiger partial charge in [-0.05, 0) is 66.6 Å². The first-order valence-electron chi connectivity index (χ1n) is 10.1. The summed E-state index contributed by atoms with van der Waals surface area (Å²) in [6, 6.07) is 11.1. The van der Waals surface area contributed by atoms with Gasteiger partial charge in [-0.25, -0.2) is 13.2 Å². The normalized spacial score (nSPS) is 11.5. The smallest absolute Gasteiger partial charge is 0.133 e. The molecule has 0 radical (unpaired) electrons. The predicted molar refractivity (Wildman–Crippen MR) is 131 cm³/mol. The van der Waals surface area contributed by atoms with E-state index in [2.05, 4.69) is 17.0 Å². The van der Waals surface area contributed by atoms with E-state index in [0.717, 1.165) is 31.8 Å². The molecule has 166 valence electrons. The molecule has 0 aliphatic carbocycles. The summed E-state index contributed by atoms with van der Waals surface area (Å²) >= 11 is 3.00. The van der Waals surface area contributed by atoms with Crippen molar-refractivity contribution in [1.82, 2.24) is 0 Å². The van der Waals surface area contributed by atoms with Crippen LogP contribution in [0.1, 0.15) is 45.4 Å². The number of aryl methyl sites for hydroxylation is 1. The van der Waals surface area contributed by atoms with Crippen LogP contribution in [0.5, 0.6) is 0 Å². The summed E-state index contributed by atoms with van der Waals surface area (Å²) in [4.78, 5) is 1.71. The van der Waals surface area contributed by atoms with Gasteiger partial charge in [0.15, 0.2) is 0 Å². The first-order valence-corrected chi connectivity index (χ1v) is 11.8. The van der Waals surface area contributed by atoms with Gasteiger partial charge in [-0.1, -0.05) is 30.3 Å². The monoisotopic (exact) mass is 481 g/mol. The number of hydrogen-bond donors (Lipinski definition) is 1. The van der Waals surface area contributed by atoms with E-state index in [9.17, 15) is 13.2 Å². The van der Waals surface area contributed by atoms with E-state index in [0.29, 0.717) is 17.5 Å². The second kappa shape index (κ2) is 10.1. The van der Waals surface area contributed by atoms with Crippen molar-refractivity contribution in [2.24, 2.45) is 5.16 Å². The highest BCUT2D eigenvalue weighted by Gasteiger charge is 2.09. The lowest BCUT2D eigenvalue weighted by Gasteiger charge is -2.04. The van der Waals surface area contributed by atoms with Crippen molar-refractivity contribution in [1.29, 1.82) is 0 Å². The summed E-state index contributed by atoms with van der Waals surface area (Å²) < 4.78 is 44.5. The topological polar surface area (TPSA) is 32.6 Å². The summed E-state index contributed by atoms with van der Waals surface area (Å²) in [5, 5.41) is 11.3. The Balaban J connectivity index is 1.52. The molecule has 4 rings (SSSR count). The lowest BCUT2D eigenvalue weighted by atomic mass is 10.1. The van der Waals surface area contributed by atoms with Gasteiger partial charge in [0, 0.05) is 31.0 Å². The van der Waals surface area contributed by atoms with Gasteiger partial charge >= 0.3 is 0 Å². The standard InChI is InChI=1S/C26H18F3NOS2/c1-2-3-17-11-23(28)21(24(29)12-17)9-8-20-14-26-25(33-20)13-19(32-26)7-5-16-4-6-18(15-30-31)22(27)10-16/h4,6,8-15,31H,2-3H2,1H3/b9-8+,30-15+. The molecule has 0 aliphatic heterocycles. The molecule has 0 fully saturated rings. The molecule has 2 aromatic carbocycles. The Morgan fingerprint density at radius 1 is 0.909 bits per heavy atom. The molecule has 0 saturated heterocycles. The third-order valence-electron chi connectivity index (χ3n) is 4.85. The highest BCUT2D eigenvalue weighted by atomic mass is 32.1. The molecule has 33 heavy (non-hydrogen) atoms. The predicted octanol–water partition coefficient (Wildman–Crippen LogP) is 7.71. The van der Waals surface area contributed by atoms with Crippen molar-refractivity contribution < 1.29 is 18.4 Å². The van der Waals surface area contributed by atoms with E-state index < -0.39 is 17.5 Å². The summed E-state index contributed by atoms with van der Waals surface area (Å²) in [5.41, 5.74) is 1.31. The van der Waals surface area contributed by atoms with E-state index >= 15 is 0 Å². The summed E-state index contributed by atoms with van der Waals surface area (Å²) in [7, 11) is 0. The molecule has 2 aromatic heterocycles. The fraction of sp³-hybridized carbons (Fsp3) is 0.115. The molecule has 0 bridgehead atoms. The maximum atomic E-state index is 14.3. The van der Waals surface area contributed by atoms with Gasteiger partial charge in [0.25, 0.3) is 0 Å². The van der Waals surface area contributed by atoms with Crippen molar-refractivity contribution in [3.05, 3.63) is 91.9 Å². The molecule has 0 amide bonds. The zero-order chi connectivity index (χ0) is 23.4. The van der Waals surface area contributed by atoms with E-state index in [1.807, 2.05) is 19.1 Å². The van der Waals surface area contributed by atoms with Crippen LogP contribution in [0, 0.1) is 29.3 Å². The highest BCUT2D eigenvalue weighted by Crippen LogP contribution is 2.34. The molecule has 0 aliphatic rings. The largest absolute Gasteiger partial charge is 0.411 e. The van der Waals surface area contributed by atoms with Gasteiger partial charge in [-0.2, -0.15) is 0 Å². The van der Waals surface area contributed by atoms with Crippen molar-refractivity contribution >= 4 is 50.4 Å². The van der Waals surface area contributed by atoms with E-state index in [4.69, 9.17) is 5.21 Å². The van der Waals surface area contributed by atoms with Crippen LogP contribution in [0.25, 0.3) is 21.6 Å². The Labute approximate surface area is 197 Å². The molecule has 0 atom stereocenters. The van der Waals surface area contributed by atoms with Crippen LogP contribution in [0.2, 0.25) is 0 Å². The number of fused-ring (bicyclic) bond motifs is 1. The Hall–Kier alpha value is -3.34. The summed E-state index contributed by atoms with van der Waals surface area (Å²) in [6.07, 6.45) is 5.68. The van der Waals surface area contributed by atoms with Crippen LogP contribution in [0.3, 0.4) is 0 Å². The average molecular weight is 482 g/mol. The second-order valence-electron chi connectivity index (χ2n) is 7.28. The number of rotatable bonds is 5. The molecule has 4 aromatic rings. The van der Waals surface area contributed by atoms with Crippen LogP contribution in [-0.4, -0.2) is 11.4 Å². The van der Waals surface area contributed by atoms with Crippen molar-refractivity contribution in [3.63, 3.8) is 0 Å². The van der Waals surface area contributed by atoms with Crippen molar-refractivity contribution in [2.75, 3.05) is 0 Å². The number of halogens is 3. The lowest BCUT2D eigenvalue weighted by Crippen LogP contribution is -1.93. The number of nitrogens with zero attached hydrogens (tertiary/aromatic N) is 1. The third kappa shape index (κ3) is 5.36. The van der Waals surface area contributed by atoms with Gasteiger partial charge in [0.1, 0.15) is 17.5 Å². The maximum absolute atomic E-state index is 14.3. The minimum absolute atomic E-state index is 0.0401. The zero-order valence-electron chi connectivity index (χ0n) is 17.5. The Morgan fingerprint density at radius 2 is 1.67 bits per heavy atom. The van der Waals surface area contributed by atoms with E-state index in [-0.39, 0.29) is 11.1 Å². The number of hydrogen-bond acceptors (Lipinski definition) is 4. The quantitative estimate of drug-likeness (QED) is 0.135. The van der Waals surface area contributed by atoms with Gasteiger partial charge in [0.05, 0.1) is 11.1 Å². The van der Waals surface area contributed by atoms with Crippen LogP contribution >= 0.6 is 22.7 Å². The fourth-order valence-corrected chi connectivity index (χ4v) is 5.46. The number of oxime groups is 1. The van der Waals surface area contributed by atoms with Gasteiger partial charge in [-0.3, -0.25) is 0 Å². The van der Waals surface area contributed by atoms with Crippen molar-refractivity contribution in [3.8, 4) is 11.8 Å². The first-order chi connectivity index (χ1) is 16.0. The minimum atomic E-state index is -0.557. The van der Waals surface area contributed by atoms with E-state index in [1.165, 1.54) is 53.0 Å². The zero-order valence-corrected chi connectivity index (χ0v) is 19.2. The average Bonchev–Trinajstić information content (AvgIpc) is 3.32. The van der Waals surface area contributed by atoms with Crippen LogP contribution in [-0.2, 0) is 6.42 Å². The Bertz CT molecular complexity index is 1380. The number of thiophene rings is 2. The van der Waals surface area contributed by atoms with Crippen LogP contribution in [0.4, 0.5) is 13.2 Å². The summed E-state index contributed by atoms with van der Waals surface area (Å²) in [5.74, 6) is 4.33. The molecule has 0 unspecified atom stereocenters. The van der Waals surface area contributed by atoms with E-state index in [1.54, 1.807) is 12.1 Å². The Kier molecular flexibility index (Phi) is 6.97. The molecule has 2 heterocycles. The Morgan fingerprint density at radius 3 is 2.33 bits per heavy atom. The summed E-state index contributed by atoms with van der Waals surface area (Å²) in [6.45, 7) is 1.97. The molecule has 2 nitrogen and oxygen atoms in total. The first kappa shape index (κ1) is 22.8. The molecular formula is C26H18F3NOS2. The maximum Gasteiger partial charge on any atom is 0.133 e. The molecule has 1 N–H and O–H groups in total. The number of benzene rings is 2. The SMILES string of the molecule is CCCc1cc(F)c(/C=C/c2cc3sc(C#Cc4ccc(/C=N/O)c(F)c4)cc3s2)c(F)c1. The van der Waals surface area contributed by atoms with Gasteiger partial charge in [-0.15, -0.1) is 22.7 Å². The second-order valence-corrected chi connectivity index (χ2v) is 9.47. The van der Waals surface area contributed by atoms with Gasteiger partial charge in [0.2, 0.25) is 0 Å². The lowest BCUT2D eigenvalue weighted by molar-refractivity contribution is 0.321. The third-order valence-corrected chi connectivity index (χ3v) is 7.02. The minimum Gasteiger partial charge on any atom is -0.411 e. The fourth-order valence-electron chi connectivity index (χ4n) is 3.30. The van der Waals surface area contributed by atoms with Crippen molar-refractivity contribution in [2.45, 2.75) is 19.8 Å². The molecule has 0 saturated carbocycles. The highest BCUT2D eigenvalue weighted by molar-refractivity contribution is 7.28. The molecule has 7 heteroatoms.